The number of amides is 1. The molecular weight excluding hydrogens is 402 g/mol. The first-order chi connectivity index (χ1) is 15.7. The number of nitrogens with zero attached hydrogens (tertiary/aromatic N) is 2. The molecule has 0 unspecified atom stereocenters. The van der Waals surface area contributed by atoms with E-state index < -0.39 is 0 Å². The van der Waals surface area contributed by atoms with E-state index in [9.17, 15) is 9.59 Å². The normalized spacial score (nSPS) is 11.3. The summed E-state index contributed by atoms with van der Waals surface area (Å²) in [6.45, 7) is 0.289. The average molecular weight is 423 g/mol. The van der Waals surface area contributed by atoms with Gasteiger partial charge in [0.25, 0.3) is 5.56 Å². The standard InChI is InChI=1S/C26H21N3O3/c30-23(27-15-21(18-9-3-1-4-10-18)19-11-5-2-6-12-19)16-29-17-28-24-20-13-7-8-14-22(20)32-25(24)26(29)31/h1-14,17,21H,15-16H2,(H,27,30). The SMILES string of the molecule is O=C(Cn1cnc2c(oc3ccccc32)c1=O)NCC(c1ccccc1)c1ccccc1. The van der Waals surface area contributed by atoms with Crippen LogP contribution < -0.4 is 10.9 Å². The first-order valence-corrected chi connectivity index (χ1v) is 10.4. The van der Waals surface area contributed by atoms with Crippen LogP contribution in [-0.4, -0.2) is 22.0 Å². The van der Waals surface area contributed by atoms with Crippen LogP contribution in [0.15, 0.2) is 100 Å². The monoisotopic (exact) mass is 423 g/mol. The molecule has 1 N–H and O–H groups in total. The molecule has 0 spiro atoms. The molecule has 0 saturated carbocycles. The smallest absolute Gasteiger partial charge is 0.297 e. The van der Waals surface area contributed by atoms with Gasteiger partial charge in [0.1, 0.15) is 17.6 Å². The third kappa shape index (κ3) is 3.78. The van der Waals surface area contributed by atoms with Gasteiger partial charge in [-0.05, 0) is 23.3 Å². The molecule has 2 aromatic heterocycles. The van der Waals surface area contributed by atoms with Gasteiger partial charge >= 0.3 is 0 Å². The lowest BCUT2D eigenvalue weighted by atomic mass is 9.91. The van der Waals surface area contributed by atoms with Crippen LogP contribution in [0.5, 0.6) is 0 Å². The maximum absolute atomic E-state index is 12.9. The topological polar surface area (TPSA) is 77.1 Å². The van der Waals surface area contributed by atoms with E-state index in [1.165, 1.54) is 10.9 Å². The molecule has 3 aromatic carbocycles. The van der Waals surface area contributed by atoms with Crippen LogP contribution in [0.4, 0.5) is 0 Å². The second-order valence-corrected chi connectivity index (χ2v) is 7.63. The highest BCUT2D eigenvalue weighted by atomic mass is 16.3. The predicted octanol–water partition coefficient (Wildman–Crippen LogP) is 4.09. The number of carbonyl (C=O) groups is 1. The molecule has 5 rings (SSSR count). The molecule has 2 heterocycles. The quantitative estimate of drug-likeness (QED) is 0.446. The molecule has 0 saturated heterocycles. The molecule has 0 aliphatic carbocycles. The fourth-order valence-corrected chi connectivity index (χ4v) is 3.95. The molecule has 32 heavy (non-hydrogen) atoms. The predicted molar refractivity (Wildman–Crippen MR) is 124 cm³/mol. The largest absolute Gasteiger partial charge is 0.448 e. The lowest BCUT2D eigenvalue weighted by Gasteiger charge is -2.19. The van der Waals surface area contributed by atoms with Crippen LogP contribution in [0, 0.1) is 0 Å². The van der Waals surface area contributed by atoms with Gasteiger partial charge in [-0.2, -0.15) is 0 Å². The van der Waals surface area contributed by atoms with E-state index in [4.69, 9.17) is 4.42 Å². The van der Waals surface area contributed by atoms with Crippen molar-refractivity contribution in [2.75, 3.05) is 6.54 Å². The Bertz CT molecular complexity index is 1400. The van der Waals surface area contributed by atoms with Gasteiger partial charge in [-0.15, -0.1) is 0 Å². The van der Waals surface area contributed by atoms with Crippen molar-refractivity contribution in [3.8, 4) is 0 Å². The molecule has 0 aliphatic rings. The van der Waals surface area contributed by atoms with Gasteiger partial charge < -0.3 is 9.73 Å². The number of fused-ring (bicyclic) bond motifs is 3. The van der Waals surface area contributed by atoms with Crippen molar-refractivity contribution in [1.82, 2.24) is 14.9 Å². The second kappa shape index (κ2) is 8.51. The van der Waals surface area contributed by atoms with Crippen molar-refractivity contribution in [1.29, 1.82) is 0 Å². The Hall–Kier alpha value is -4.19. The van der Waals surface area contributed by atoms with Gasteiger partial charge in [-0.3, -0.25) is 14.2 Å². The minimum Gasteiger partial charge on any atom is -0.448 e. The Morgan fingerprint density at radius 3 is 2.22 bits per heavy atom. The summed E-state index contributed by atoms with van der Waals surface area (Å²) in [7, 11) is 0. The Morgan fingerprint density at radius 1 is 0.906 bits per heavy atom. The van der Waals surface area contributed by atoms with Crippen LogP contribution in [0.2, 0.25) is 0 Å². The highest BCUT2D eigenvalue weighted by Gasteiger charge is 2.17. The van der Waals surface area contributed by atoms with Crippen molar-refractivity contribution < 1.29 is 9.21 Å². The zero-order valence-electron chi connectivity index (χ0n) is 17.3. The summed E-state index contributed by atoms with van der Waals surface area (Å²) in [5.74, 6) is -0.254. The maximum Gasteiger partial charge on any atom is 0.297 e. The molecule has 5 aromatic rings. The van der Waals surface area contributed by atoms with Crippen molar-refractivity contribution >= 4 is 28.0 Å². The lowest BCUT2D eigenvalue weighted by Crippen LogP contribution is -2.34. The molecule has 158 valence electrons. The lowest BCUT2D eigenvalue weighted by molar-refractivity contribution is -0.121. The Morgan fingerprint density at radius 2 is 1.53 bits per heavy atom. The zero-order valence-corrected chi connectivity index (χ0v) is 17.3. The fraction of sp³-hybridized carbons (Fsp3) is 0.115. The summed E-state index contributed by atoms with van der Waals surface area (Å²) < 4.78 is 6.97. The zero-order chi connectivity index (χ0) is 21.9. The molecule has 0 aliphatic heterocycles. The van der Waals surface area contributed by atoms with Crippen LogP contribution in [0.25, 0.3) is 22.1 Å². The summed E-state index contributed by atoms with van der Waals surface area (Å²) in [6.07, 6.45) is 1.40. The van der Waals surface area contributed by atoms with Gasteiger partial charge in [0, 0.05) is 17.8 Å². The van der Waals surface area contributed by atoms with Crippen LogP contribution >= 0.6 is 0 Å². The van der Waals surface area contributed by atoms with Crippen LogP contribution in [-0.2, 0) is 11.3 Å². The fourth-order valence-electron chi connectivity index (χ4n) is 3.95. The Kier molecular flexibility index (Phi) is 5.25. The van der Waals surface area contributed by atoms with Crippen molar-refractivity contribution in [2.45, 2.75) is 12.5 Å². The van der Waals surface area contributed by atoms with E-state index >= 15 is 0 Å². The summed E-state index contributed by atoms with van der Waals surface area (Å²) in [5, 5.41) is 3.76. The second-order valence-electron chi connectivity index (χ2n) is 7.63. The number of rotatable bonds is 6. The highest BCUT2D eigenvalue weighted by Crippen LogP contribution is 2.25. The summed E-state index contributed by atoms with van der Waals surface area (Å²) in [6, 6.07) is 27.4. The van der Waals surface area contributed by atoms with Gasteiger partial charge in [0.05, 0.1) is 6.33 Å². The number of furan rings is 1. The minimum absolute atomic E-state index is 0.00838. The van der Waals surface area contributed by atoms with Crippen molar-refractivity contribution in [2.24, 2.45) is 0 Å². The van der Waals surface area contributed by atoms with E-state index in [-0.39, 0.29) is 29.5 Å². The number of benzene rings is 3. The number of hydrogen-bond acceptors (Lipinski definition) is 4. The number of para-hydroxylation sites is 1. The molecule has 0 atom stereocenters. The summed E-state index contributed by atoms with van der Waals surface area (Å²) in [5.41, 5.74) is 3.12. The van der Waals surface area contributed by atoms with E-state index in [1.54, 1.807) is 6.07 Å². The summed E-state index contributed by atoms with van der Waals surface area (Å²) in [4.78, 5) is 29.9. The number of carbonyl (C=O) groups excluding carboxylic acids is 1. The van der Waals surface area contributed by atoms with Crippen LogP contribution in [0.1, 0.15) is 17.0 Å². The number of hydrogen-bond donors (Lipinski definition) is 1. The molecule has 1 amide bonds. The molecule has 6 nitrogen and oxygen atoms in total. The highest BCUT2D eigenvalue weighted by molar-refractivity contribution is 6.01. The molecule has 0 fully saturated rings. The number of nitrogens with one attached hydrogen (secondary N) is 1. The Labute approximate surface area is 184 Å². The van der Waals surface area contributed by atoms with Crippen molar-refractivity contribution in [3.05, 3.63) is 113 Å². The molecule has 0 bridgehead atoms. The number of aromatic nitrogens is 2. The van der Waals surface area contributed by atoms with Gasteiger partial charge in [0.15, 0.2) is 0 Å². The van der Waals surface area contributed by atoms with Gasteiger partial charge in [-0.1, -0.05) is 72.8 Å². The average Bonchev–Trinajstić information content (AvgIpc) is 3.22. The summed E-state index contributed by atoms with van der Waals surface area (Å²) >= 11 is 0. The first kappa shape index (κ1) is 19.8. The third-order valence-electron chi connectivity index (χ3n) is 5.57. The first-order valence-electron chi connectivity index (χ1n) is 10.4. The van der Waals surface area contributed by atoms with Crippen LogP contribution in [0.3, 0.4) is 0 Å². The minimum atomic E-state index is -0.371. The van der Waals surface area contributed by atoms with E-state index in [0.717, 1.165) is 16.5 Å². The third-order valence-corrected chi connectivity index (χ3v) is 5.57. The molecule has 0 radical (unpaired) electrons. The van der Waals surface area contributed by atoms with Gasteiger partial charge in [0.2, 0.25) is 11.5 Å². The Balaban J connectivity index is 1.36. The van der Waals surface area contributed by atoms with E-state index in [0.29, 0.717) is 17.6 Å². The van der Waals surface area contributed by atoms with Crippen molar-refractivity contribution in [3.63, 3.8) is 0 Å². The molecular formula is C26H21N3O3. The van der Waals surface area contributed by atoms with Gasteiger partial charge in [-0.25, -0.2) is 4.98 Å². The van der Waals surface area contributed by atoms with E-state index in [1.807, 2.05) is 78.9 Å². The van der Waals surface area contributed by atoms with E-state index in [2.05, 4.69) is 10.3 Å². The maximum atomic E-state index is 12.9. The molecule has 6 heteroatoms.